The Hall–Kier alpha value is -1.95. The minimum Gasteiger partial charge on any atom is -0.469 e. The van der Waals surface area contributed by atoms with E-state index in [1.54, 1.807) is 0 Å². The molecule has 0 aliphatic carbocycles. The normalized spacial score (nSPS) is 11.3. The zero-order valence-electron chi connectivity index (χ0n) is 9.49. The van der Waals surface area contributed by atoms with Crippen LogP contribution in [0.3, 0.4) is 0 Å². The monoisotopic (exact) mass is 217 g/mol. The van der Waals surface area contributed by atoms with Gasteiger partial charge in [-0.25, -0.2) is 0 Å². The van der Waals surface area contributed by atoms with Crippen LogP contribution in [0.2, 0.25) is 0 Å². The van der Waals surface area contributed by atoms with Crippen LogP contribution in [0, 0.1) is 12.3 Å². The molecule has 1 N–H and O–H groups in total. The first-order valence-corrected chi connectivity index (χ1v) is 5.05. The van der Waals surface area contributed by atoms with Gasteiger partial charge in [0.05, 0.1) is 13.5 Å². The highest BCUT2D eigenvalue weighted by molar-refractivity contribution is 5.70. The molecule has 1 aromatic rings. The summed E-state index contributed by atoms with van der Waals surface area (Å²) in [6.07, 6.45) is 5.63. The van der Waals surface area contributed by atoms with Crippen LogP contribution >= 0.6 is 0 Å². The minimum atomic E-state index is -0.229. The second kappa shape index (κ2) is 5.82. The van der Waals surface area contributed by atoms with Gasteiger partial charge in [-0.3, -0.25) is 4.79 Å². The molecule has 0 saturated carbocycles. The maximum absolute atomic E-state index is 11.0. The summed E-state index contributed by atoms with van der Waals surface area (Å²) in [5, 5.41) is 3.19. The predicted octanol–water partition coefficient (Wildman–Crippen LogP) is 2.03. The van der Waals surface area contributed by atoms with Gasteiger partial charge < -0.3 is 10.1 Å². The van der Waals surface area contributed by atoms with Crippen molar-refractivity contribution in [2.45, 2.75) is 19.4 Å². The Labute approximate surface area is 95.8 Å². The van der Waals surface area contributed by atoms with Crippen LogP contribution in [0.15, 0.2) is 24.3 Å². The topological polar surface area (TPSA) is 38.3 Å². The van der Waals surface area contributed by atoms with Crippen molar-refractivity contribution in [2.75, 3.05) is 12.4 Å². The second-order valence-corrected chi connectivity index (χ2v) is 3.55. The number of methoxy groups -OCH3 is 1. The highest BCUT2D eigenvalue weighted by Gasteiger charge is 2.08. The van der Waals surface area contributed by atoms with Crippen molar-refractivity contribution >= 4 is 11.7 Å². The maximum Gasteiger partial charge on any atom is 0.307 e. The highest BCUT2D eigenvalue weighted by Crippen LogP contribution is 2.12. The molecule has 0 fully saturated rings. The third-order valence-electron chi connectivity index (χ3n) is 2.14. The zero-order chi connectivity index (χ0) is 12.0. The van der Waals surface area contributed by atoms with Gasteiger partial charge in [0.15, 0.2) is 0 Å². The molecule has 1 atom stereocenters. The molecule has 0 bridgehead atoms. The van der Waals surface area contributed by atoms with E-state index in [1.807, 2.05) is 31.2 Å². The minimum absolute atomic E-state index is 0.0143. The molecule has 0 saturated heterocycles. The molecule has 1 aromatic carbocycles. The fraction of sp³-hybridized carbons (Fsp3) is 0.308. The molecular formula is C13H15NO2. The summed E-state index contributed by atoms with van der Waals surface area (Å²) < 4.78 is 4.59. The zero-order valence-corrected chi connectivity index (χ0v) is 9.49. The number of carbonyl (C=O) groups excluding carboxylic acids is 1. The van der Waals surface area contributed by atoms with Crippen LogP contribution in [0.4, 0.5) is 5.69 Å². The Balaban J connectivity index is 2.59. The van der Waals surface area contributed by atoms with E-state index in [0.29, 0.717) is 6.42 Å². The lowest BCUT2D eigenvalue weighted by molar-refractivity contribution is -0.140. The van der Waals surface area contributed by atoms with E-state index in [4.69, 9.17) is 6.42 Å². The summed E-state index contributed by atoms with van der Waals surface area (Å²) in [5.74, 6) is 2.33. The summed E-state index contributed by atoms with van der Waals surface area (Å²) in [7, 11) is 1.38. The predicted molar refractivity (Wildman–Crippen MR) is 64.1 cm³/mol. The lowest BCUT2D eigenvalue weighted by atomic mass is 10.2. The Kier molecular flexibility index (Phi) is 4.41. The molecule has 3 nitrogen and oxygen atoms in total. The molecule has 0 aromatic heterocycles. The van der Waals surface area contributed by atoms with Gasteiger partial charge in [0.1, 0.15) is 0 Å². The number of rotatable bonds is 4. The number of hydrogen-bond donors (Lipinski definition) is 1. The smallest absolute Gasteiger partial charge is 0.307 e. The second-order valence-electron chi connectivity index (χ2n) is 3.55. The SMILES string of the molecule is C#Cc1cccc(NC(C)CC(=O)OC)c1. The summed E-state index contributed by atoms with van der Waals surface area (Å²) in [5.41, 5.74) is 1.72. The molecule has 0 aliphatic rings. The van der Waals surface area contributed by atoms with Crippen molar-refractivity contribution in [1.82, 2.24) is 0 Å². The first-order chi connectivity index (χ1) is 7.65. The number of ether oxygens (including phenoxy) is 1. The van der Waals surface area contributed by atoms with E-state index in [9.17, 15) is 4.79 Å². The van der Waals surface area contributed by atoms with E-state index >= 15 is 0 Å². The summed E-state index contributed by atoms with van der Waals surface area (Å²) in [6, 6.07) is 7.53. The third kappa shape index (κ3) is 3.66. The Morgan fingerprint density at radius 3 is 3.00 bits per heavy atom. The summed E-state index contributed by atoms with van der Waals surface area (Å²) in [6.45, 7) is 1.92. The van der Waals surface area contributed by atoms with Crippen LogP contribution in [0.5, 0.6) is 0 Å². The van der Waals surface area contributed by atoms with E-state index in [0.717, 1.165) is 11.3 Å². The van der Waals surface area contributed by atoms with Crippen molar-refractivity contribution in [3.05, 3.63) is 29.8 Å². The first-order valence-electron chi connectivity index (χ1n) is 5.05. The number of carbonyl (C=O) groups is 1. The largest absolute Gasteiger partial charge is 0.469 e. The number of benzene rings is 1. The van der Waals surface area contributed by atoms with E-state index < -0.39 is 0 Å². The van der Waals surface area contributed by atoms with Crippen molar-refractivity contribution in [2.24, 2.45) is 0 Å². The molecule has 0 aliphatic heterocycles. The van der Waals surface area contributed by atoms with E-state index in [-0.39, 0.29) is 12.0 Å². The average Bonchev–Trinajstić information content (AvgIpc) is 2.28. The molecule has 1 rings (SSSR count). The van der Waals surface area contributed by atoms with E-state index in [2.05, 4.69) is 16.0 Å². The number of esters is 1. The van der Waals surface area contributed by atoms with Crippen LogP contribution in [-0.2, 0) is 9.53 Å². The molecule has 16 heavy (non-hydrogen) atoms. The molecule has 0 spiro atoms. The van der Waals surface area contributed by atoms with Gasteiger partial charge in [-0.15, -0.1) is 6.42 Å². The number of anilines is 1. The number of terminal acetylenes is 1. The molecule has 1 unspecified atom stereocenters. The fourth-order valence-corrected chi connectivity index (χ4v) is 1.37. The standard InChI is InChI=1S/C13H15NO2/c1-4-11-6-5-7-12(9-11)14-10(2)8-13(15)16-3/h1,5-7,9-10,14H,8H2,2-3H3. The van der Waals surface area contributed by atoms with Gasteiger partial charge in [0, 0.05) is 17.3 Å². The van der Waals surface area contributed by atoms with Crippen molar-refractivity contribution in [3.8, 4) is 12.3 Å². The quantitative estimate of drug-likeness (QED) is 0.619. The van der Waals surface area contributed by atoms with Gasteiger partial charge in [-0.05, 0) is 25.1 Å². The molecule has 0 heterocycles. The molecule has 0 radical (unpaired) electrons. The Morgan fingerprint density at radius 1 is 1.62 bits per heavy atom. The third-order valence-corrected chi connectivity index (χ3v) is 2.14. The van der Waals surface area contributed by atoms with E-state index in [1.165, 1.54) is 7.11 Å². The van der Waals surface area contributed by atoms with Crippen molar-refractivity contribution in [1.29, 1.82) is 0 Å². The van der Waals surface area contributed by atoms with Crippen LogP contribution < -0.4 is 5.32 Å². The van der Waals surface area contributed by atoms with Crippen LogP contribution in [0.1, 0.15) is 18.9 Å². The average molecular weight is 217 g/mol. The molecule has 0 amide bonds. The van der Waals surface area contributed by atoms with Crippen molar-refractivity contribution in [3.63, 3.8) is 0 Å². The molecule has 84 valence electrons. The van der Waals surface area contributed by atoms with Crippen LogP contribution in [0.25, 0.3) is 0 Å². The molecular weight excluding hydrogens is 202 g/mol. The Morgan fingerprint density at radius 2 is 2.38 bits per heavy atom. The lowest BCUT2D eigenvalue weighted by Crippen LogP contribution is -2.20. The number of hydrogen-bond acceptors (Lipinski definition) is 3. The summed E-state index contributed by atoms with van der Waals surface area (Å²) in [4.78, 5) is 11.0. The molecule has 3 heteroatoms. The first kappa shape index (κ1) is 12.1. The lowest BCUT2D eigenvalue weighted by Gasteiger charge is -2.14. The Bertz CT molecular complexity index is 407. The highest BCUT2D eigenvalue weighted by atomic mass is 16.5. The maximum atomic E-state index is 11.0. The van der Waals surface area contributed by atoms with Gasteiger partial charge in [-0.1, -0.05) is 12.0 Å². The van der Waals surface area contributed by atoms with Gasteiger partial charge in [-0.2, -0.15) is 0 Å². The van der Waals surface area contributed by atoms with Crippen molar-refractivity contribution < 1.29 is 9.53 Å². The van der Waals surface area contributed by atoms with Gasteiger partial charge in [0.2, 0.25) is 0 Å². The fourth-order valence-electron chi connectivity index (χ4n) is 1.37. The van der Waals surface area contributed by atoms with Crippen LogP contribution in [-0.4, -0.2) is 19.1 Å². The van der Waals surface area contributed by atoms with Gasteiger partial charge >= 0.3 is 5.97 Å². The van der Waals surface area contributed by atoms with Gasteiger partial charge in [0.25, 0.3) is 0 Å². The number of nitrogens with one attached hydrogen (secondary N) is 1. The summed E-state index contributed by atoms with van der Waals surface area (Å²) >= 11 is 0.